The second-order valence-corrected chi connectivity index (χ2v) is 5.90. The Bertz CT molecular complexity index is 667. The standard InChI is InChI=1S/C13H14Cl2N4O3S/c1-9-3-5-10(6-4-9)19(7-2-8-22-23(20)21)13-17-11(14)16-12(15)18-13/h3-6H,2,7-8H2,1H3,(H,20,21). The summed E-state index contributed by atoms with van der Waals surface area (Å²) in [7, 11) is 0. The Morgan fingerprint density at radius 1 is 1.17 bits per heavy atom. The van der Waals surface area contributed by atoms with Crippen LogP contribution in [0.5, 0.6) is 0 Å². The Hall–Kier alpha value is -1.32. The summed E-state index contributed by atoms with van der Waals surface area (Å²) in [6.45, 7) is 2.53. The first-order chi connectivity index (χ1) is 11.0. The van der Waals surface area contributed by atoms with Gasteiger partial charge >= 0.3 is 11.4 Å². The molecular weight excluding hydrogens is 363 g/mol. The summed E-state index contributed by atoms with van der Waals surface area (Å²) in [5, 5.41) is -0.0188. The van der Waals surface area contributed by atoms with Crippen molar-refractivity contribution in [3.8, 4) is 0 Å². The van der Waals surface area contributed by atoms with Crippen molar-refractivity contribution in [2.24, 2.45) is 0 Å². The zero-order valence-electron chi connectivity index (χ0n) is 12.1. The van der Waals surface area contributed by atoms with Gasteiger partial charge < -0.3 is 4.90 Å². The molecule has 1 atom stereocenters. The van der Waals surface area contributed by atoms with Crippen molar-refractivity contribution < 1.29 is 12.9 Å². The quantitative estimate of drug-likeness (QED) is 0.586. The molecule has 2 aromatic rings. The Morgan fingerprint density at radius 2 is 1.78 bits per heavy atom. The monoisotopic (exact) mass is 376 g/mol. The number of hydrogen-bond acceptors (Lipinski definition) is 6. The molecular formula is C13H14Cl2N4O3S. The highest BCUT2D eigenvalue weighted by Crippen LogP contribution is 2.24. The molecule has 2 rings (SSSR count). The maximum Gasteiger partial charge on any atom is 0.301 e. The van der Waals surface area contributed by atoms with Crippen LogP contribution in [0.2, 0.25) is 10.6 Å². The van der Waals surface area contributed by atoms with Gasteiger partial charge in [0.05, 0.1) is 6.61 Å². The number of halogens is 2. The minimum atomic E-state index is -2.28. The molecule has 0 radical (unpaired) electrons. The van der Waals surface area contributed by atoms with Gasteiger partial charge in [-0.05, 0) is 48.7 Å². The van der Waals surface area contributed by atoms with Gasteiger partial charge in [-0.2, -0.15) is 19.2 Å². The third-order valence-electron chi connectivity index (χ3n) is 2.87. The first kappa shape index (κ1) is 18.0. The van der Waals surface area contributed by atoms with Gasteiger partial charge in [-0.25, -0.2) is 0 Å². The van der Waals surface area contributed by atoms with E-state index in [1.165, 1.54) is 0 Å². The predicted octanol–water partition coefficient (Wildman–Crippen LogP) is 3.17. The van der Waals surface area contributed by atoms with Crippen LogP contribution in [-0.4, -0.2) is 36.9 Å². The van der Waals surface area contributed by atoms with Gasteiger partial charge in [-0.15, -0.1) is 0 Å². The van der Waals surface area contributed by atoms with E-state index in [0.717, 1.165) is 11.3 Å². The fourth-order valence-electron chi connectivity index (χ4n) is 1.86. The van der Waals surface area contributed by atoms with Crippen molar-refractivity contribution >= 4 is 46.2 Å². The zero-order chi connectivity index (χ0) is 16.8. The number of anilines is 2. The number of nitrogens with zero attached hydrogens (tertiary/aromatic N) is 4. The second-order valence-electron chi connectivity index (χ2n) is 4.55. The lowest BCUT2D eigenvalue weighted by Gasteiger charge is -2.22. The molecule has 23 heavy (non-hydrogen) atoms. The number of hydrogen-bond donors (Lipinski definition) is 1. The average molecular weight is 377 g/mol. The summed E-state index contributed by atoms with van der Waals surface area (Å²) in [6, 6.07) is 7.72. The molecule has 0 saturated heterocycles. The van der Waals surface area contributed by atoms with Crippen molar-refractivity contribution in [2.45, 2.75) is 13.3 Å². The lowest BCUT2D eigenvalue weighted by atomic mass is 10.2. The summed E-state index contributed by atoms with van der Waals surface area (Å²) in [4.78, 5) is 13.7. The van der Waals surface area contributed by atoms with E-state index in [4.69, 9.17) is 27.8 Å². The summed E-state index contributed by atoms with van der Waals surface area (Å²) in [5.74, 6) is 0.295. The fraction of sp³-hybridized carbons (Fsp3) is 0.308. The molecule has 0 aliphatic carbocycles. The lowest BCUT2D eigenvalue weighted by Crippen LogP contribution is -2.22. The van der Waals surface area contributed by atoms with Crippen molar-refractivity contribution in [2.75, 3.05) is 18.1 Å². The summed E-state index contributed by atoms with van der Waals surface area (Å²) < 4.78 is 23.8. The maximum atomic E-state index is 10.5. The minimum Gasteiger partial charge on any atom is -0.310 e. The molecule has 124 valence electrons. The molecule has 0 aliphatic heterocycles. The summed E-state index contributed by atoms with van der Waals surface area (Å²) in [6.07, 6.45) is 0.473. The van der Waals surface area contributed by atoms with Crippen LogP contribution in [-0.2, 0) is 15.5 Å². The molecule has 1 N–H and O–H groups in total. The van der Waals surface area contributed by atoms with Gasteiger partial charge in [0.15, 0.2) is 0 Å². The zero-order valence-corrected chi connectivity index (χ0v) is 14.5. The van der Waals surface area contributed by atoms with Gasteiger partial charge in [-0.1, -0.05) is 17.7 Å². The third-order valence-corrected chi connectivity index (χ3v) is 3.57. The van der Waals surface area contributed by atoms with Gasteiger partial charge in [0, 0.05) is 12.2 Å². The molecule has 1 unspecified atom stereocenters. The largest absolute Gasteiger partial charge is 0.310 e. The highest BCUT2D eigenvalue weighted by Gasteiger charge is 2.15. The van der Waals surface area contributed by atoms with Crippen LogP contribution >= 0.6 is 23.2 Å². The molecule has 0 spiro atoms. The van der Waals surface area contributed by atoms with E-state index >= 15 is 0 Å². The Balaban J connectivity index is 2.23. The van der Waals surface area contributed by atoms with E-state index in [1.807, 2.05) is 31.2 Å². The van der Waals surface area contributed by atoms with Crippen LogP contribution in [0.15, 0.2) is 24.3 Å². The second kappa shape index (κ2) is 8.51. The maximum absolute atomic E-state index is 10.5. The molecule has 1 aromatic heterocycles. The molecule has 0 bridgehead atoms. The molecule has 0 fully saturated rings. The topological polar surface area (TPSA) is 88.4 Å². The highest BCUT2D eigenvalue weighted by molar-refractivity contribution is 7.74. The predicted molar refractivity (Wildman–Crippen MR) is 89.4 cm³/mol. The van der Waals surface area contributed by atoms with E-state index in [1.54, 1.807) is 4.90 Å². The molecule has 1 heterocycles. The van der Waals surface area contributed by atoms with E-state index < -0.39 is 11.4 Å². The van der Waals surface area contributed by atoms with Crippen LogP contribution < -0.4 is 4.90 Å². The number of rotatable bonds is 7. The lowest BCUT2D eigenvalue weighted by molar-refractivity contribution is 0.303. The van der Waals surface area contributed by atoms with Crippen LogP contribution in [0.3, 0.4) is 0 Å². The molecule has 0 amide bonds. The van der Waals surface area contributed by atoms with Gasteiger partial charge in [0.2, 0.25) is 16.5 Å². The summed E-state index contributed by atoms with van der Waals surface area (Å²) in [5.41, 5.74) is 1.94. The third kappa shape index (κ3) is 5.67. The van der Waals surface area contributed by atoms with Crippen LogP contribution in [0.4, 0.5) is 11.6 Å². The molecule has 10 heteroatoms. The van der Waals surface area contributed by atoms with Crippen molar-refractivity contribution in [3.05, 3.63) is 40.4 Å². The van der Waals surface area contributed by atoms with Gasteiger partial charge in [-0.3, -0.25) is 8.74 Å². The highest BCUT2D eigenvalue weighted by atomic mass is 35.5. The fourth-order valence-corrected chi connectivity index (χ4v) is 2.47. The Morgan fingerprint density at radius 3 is 2.35 bits per heavy atom. The van der Waals surface area contributed by atoms with Crippen LogP contribution in [0.1, 0.15) is 12.0 Å². The van der Waals surface area contributed by atoms with E-state index in [0.29, 0.717) is 18.9 Å². The summed E-state index contributed by atoms with van der Waals surface area (Å²) >= 11 is 9.40. The number of aryl methyl sites for hydroxylation is 1. The minimum absolute atomic E-state index is 0.00942. The Labute approximate surface area is 146 Å². The Kier molecular flexibility index (Phi) is 6.67. The SMILES string of the molecule is Cc1ccc(N(CCCOS(=O)O)c2nc(Cl)nc(Cl)n2)cc1. The van der Waals surface area contributed by atoms with Crippen molar-refractivity contribution in [3.63, 3.8) is 0 Å². The molecule has 7 nitrogen and oxygen atoms in total. The van der Waals surface area contributed by atoms with E-state index in [9.17, 15) is 4.21 Å². The average Bonchev–Trinajstić information content (AvgIpc) is 2.47. The van der Waals surface area contributed by atoms with E-state index in [2.05, 4.69) is 19.1 Å². The first-order valence-electron chi connectivity index (χ1n) is 6.61. The van der Waals surface area contributed by atoms with Crippen LogP contribution in [0.25, 0.3) is 0 Å². The van der Waals surface area contributed by atoms with Crippen molar-refractivity contribution in [1.82, 2.24) is 15.0 Å². The molecule has 1 aromatic carbocycles. The molecule has 0 saturated carbocycles. The normalized spacial score (nSPS) is 12.2. The van der Waals surface area contributed by atoms with E-state index in [-0.39, 0.29) is 17.2 Å². The van der Waals surface area contributed by atoms with Crippen LogP contribution in [0, 0.1) is 6.92 Å². The number of benzene rings is 1. The number of aromatic nitrogens is 3. The molecule has 0 aliphatic rings. The van der Waals surface area contributed by atoms with Crippen molar-refractivity contribution in [1.29, 1.82) is 0 Å². The van der Waals surface area contributed by atoms with Gasteiger partial charge in [0.1, 0.15) is 0 Å². The first-order valence-corrected chi connectivity index (χ1v) is 8.40. The van der Waals surface area contributed by atoms with Gasteiger partial charge in [0.25, 0.3) is 0 Å². The smallest absolute Gasteiger partial charge is 0.301 e.